The van der Waals surface area contributed by atoms with Crippen LogP contribution in [0.5, 0.6) is 11.5 Å². The van der Waals surface area contributed by atoms with Gasteiger partial charge in [-0.2, -0.15) is 0 Å². The molecule has 2 aromatic carbocycles. The number of ether oxygens (including phenoxy) is 2. The summed E-state index contributed by atoms with van der Waals surface area (Å²) >= 11 is 3.36. The van der Waals surface area contributed by atoms with Crippen molar-refractivity contribution in [1.29, 1.82) is 0 Å². The van der Waals surface area contributed by atoms with E-state index in [4.69, 9.17) is 9.47 Å². The predicted octanol–water partition coefficient (Wildman–Crippen LogP) is 2.52. The number of hydrogen-bond donors (Lipinski definition) is 1. The summed E-state index contributed by atoms with van der Waals surface area (Å²) in [6, 6.07) is 10.6. The molecule has 0 atom stereocenters. The number of nitrogens with one attached hydrogen (secondary N) is 1. The van der Waals surface area contributed by atoms with E-state index in [2.05, 4.69) is 20.9 Å². The molecule has 0 saturated carbocycles. The highest BCUT2D eigenvalue weighted by Gasteiger charge is 2.14. The van der Waals surface area contributed by atoms with Crippen molar-refractivity contribution in [2.45, 2.75) is 6.54 Å². The quantitative estimate of drug-likeness (QED) is 0.742. The third-order valence-corrected chi connectivity index (χ3v) is 4.26. The lowest BCUT2D eigenvalue weighted by molar-refractivity contribution is 0.397. The SMILES string of the molecule is COc1cc(OC)c2c(=O)n(Cc3ccc(Br)cc3)c(=O)[nH]c2c1. The van der Waals surface area contributed by atoms with Crippen LogP contribution < -0.4 is 20.7 Å². The van der Waals surface area contributed by atoms with E-state index in [1.54, 1.807) is 12.1 Å². The molecule has 0 bridgehead atoms. The van der Waals surface area contributed by atoms with Gasteiger partial charge < -0.3 is 14.5 Å². The molecule has 3 rings (SSSR count). The van der Waals surface area contributed by atoms with Gasteiger partial charge in [0.25, 0.3) is 5.56 Å². The number of H-pyrrole nitrogens is 1. The van der Waals surface area contributed by atoms with Crippen LogP contribution in [0.25, 0.3) is 10.9 Å². The highest BCUT2D eigenvalue weighted by molar-refractivity contribution is 9.10. The maximum absolute atomic E-state index is 12.8. The van der Waals surface area contributed by atoms with Crippen LogP contribution in [0.3, 0.4) is 0 Å². The average molecular weight is 391 g/mol. The summed E-state index contributed by atoms with van der Waals surface area (Å²) in [6.45, 7) is 0.173. The van der Waals surface area contributed by atoms with Crippen molar-refractivity contribution in [3.63, 3.8) is 0 Å². The lowest BCUT2D eigenvalue weighted by atomic mass is 10.2. The van der Waals surface area contributed by atoms with Crippen molar-refractivity contribution in [2.75, 3.05) is 14.2 Å². The van der Waals surface area contributed by atoms with E-state index in [0.717, 1.165) is 14.6 Å². The van der Waals surface area contributed by atoms with Crippen molar-refractivity contribution in [3.8, 4) is 11.5 Å². The zero-order valence-corrected chi connectivity index (χ0v) is 14.7. The Kier molecular flexibility index (Phi) is 4.44. The molecule has 0 saturated heterocycles. The molecule has 124 valence electrons. The molecule has 0 spiro atoms. The van der Waals surface area contributed by atoms with Crippen LogP contribution in [0.15, 0.2) is 50.5 Å². The maximum atomic E-state index is 12.8. The van der Waals surface area contributed by atoms with Gasteiger partial charge in [0, 0.05) is 16.6 Å². The van der Waals surface area contributed by atoms with Crippen molar-refractivity contribution < 1.29 is 9.47 Å². The molecule has 6 nitrogen and oxygen atoms in total. The molecule has 0 aliphatic rings. The number of fused-ring (bicyclic) bond motifs is 1. The van der Waals surface area contributed by atoms with Gasteiger partial charge in [0.15, 0.2) is 0 Å². The highest BCUT2D eigenvalue weighted by Crippen LogP contribution is 2.27. The summed E-state index contributed by atoms with van der Waals surface area (Å²) < 4.78 is 12.5. The van der Waals surface area contributed by atoms with Gasteiger partial charge in [0.05, 0.1) is 26.3 Å². The molecule has 1 N–H and O–H groups in total. The molecule has 0 radical (unpaired) electrons. The summed E-state index contributed by atoms with van der Waals surface area (Å²) in [5.74, 6) is 0.857. The van der Waals surface area contributed by atoms with Crippen molar-refractivity contribution in [2.24, 2.45) is 0 Å². The van der Waals surface area contributed by atoms with E-state index in [-0.39, 0.29) is 6.54 Å². The fourth-order valence-corrected chi connectivity index (χ4v) is 2.78. The topological polar surface area (TPSA) is 73.3 Å². The second kappa shape index (κ2) is 6.52. The highest BCUT2D eigenvalue weighted by atomic mass is 79.9. The predicted molar refractivity (Wildman–Crippen MR) is 95.2 cm³/mol. The Balaban J connectivity index is 2.21. The summed E-state index contributed by atoms with van der Waals surface area (Å²) in [4.78, 5) is 27.9. The number of halogens is 1. The van der Waals surface area contributed by atoms with Gasteiger partial charge in [0.1, 0.15) is 16.9 Å². The van der Waals surface area contributed by atoms with E-state index in [1.165, 1.54) is 14.2 Å². The van der Waals surface area contributed by atoms with Gasteiger partial charge in [-0.05, 0) is 17.7 Å². The monoisotopic (exact) mass is 390 g/mol. The fourth-order valence-electron chi connectivity index (χ4n) is 2.51. The Hall–Kier alpha value is -2.54. The second-order valence-corrected chi connectivity index (χ2v) is 6.12. The number of hydrogen-bond acceptors (Lipinski definition) is 4. The molecule has 1 heterocycles. The fraction of sp³-hybridized carbons (Fsp3) is 0.176. The molecule has 24 heavy (non-hydrogen) atoms. The molecule has 3 aromatic rings. The van der Waals surface area contributed by atoms with Gasteiger partial charge in [0.2, 0.25) is 0 Å². The summed E-state index contributed by atoms with van der Waals surface area (Å²) in [7, 11) is 2.98. The van der Waals surface area contributed by atoms with E-state index in [0.29, 0.717) is 22.4 Å². The Bertz CT molecular complexity index is 1010. The van der Waals surface area contributed by atoms with E-state index in [9.17, 15) is 9.59 Å². The molecular weight excluding hydrogens is 376 g/mol. The van der Waals surface area contributed by atoms with Crippen LogP contribution in [-0.2, 0) is 6.54 Å². The Morgan fingerprint density at radius 1 is 1.08 bits per heavy atom. The Morgan fingerprint density at radius 3 is 2.42 bits per heavy atom. The number of benzene rings is 2. The first-order chi connectivity index (χ1) is 11.5. The largest absolute Gasteiger partial charge is 0.497 e. The van der Waals surface area contributed by atoms with Crippen molar-refractivity contribution in [1.82, 2.24) is 9.55 Å². The van der Waals surface area contributed by atoms with Gasteiger partial charge in [-0.3, -0.25) is 9.36 Å². The first-order valence-electron chi connectivity index (χ1n) is 7.17. The van der Waals surface area contributed by atoms with Crippen LogP contribution >= 0.6 is 15.9 Å². The first-order valence-corrected chi connectivity index (χ1v) is 7.96. The lowest BCUT2D eigenvalue weighted by Gasteiger charge is -2.11. The summed E-state index contributed by atoms with van der Waals surface area (Å²) in [5.41, 5.74) is 0.341. The molecule has 7 heteroatoms. The normalized spacial score (nSPS) is 10.8. The van der Waals surface area contributed by atoms with Gasteiger partial charge in [-0.1, -0.05) is 28.1 Å². The van der Waals surface area contributed by atoms with Crippen LogP contribution in [0, 0.1) is 0 Å². The number of methoxy groups -OCH3 is 2. The number of rotatable bonds is 4. The van der Waals surface area contributed by atoms with Crippen LogP contribution in [0.2, 0.25) is 0 Å². The zero-order chi connectivity index (χ0) is 17.3. The van der Waals surface area contributed by atoms with Crippen molar-refractivity contribution >= 4 is 26.8 Å². The van der Waals surface area contributed by atoms with E-state index >= 15 is 0 Å². The van der Waals surface area contributed by atoms with Crippen LogP contribution in [0.1, 0.15) is 5.56 Å². The zero-order valence-electron chi connectivity index (χ0n) is 13.1. The molecule has 0 aliphatic carbocycles. The second-order valence-electron chi connectivity index (χ2n) is 5.20. The lowest BCUT2D eigenvalue weighted by Crippen LogP contribution is -2.35. The molecule has 0 amide bonds. The summed E-state index contributed by atoms with van der Waals surface area (Å²) in [6.07, 6.45) is 0. The van der Waals surface area contributed by atoms with E-state index in [1.807, 2.05) is 24.3 Å². The molecule has 1 aromatic heterocycles. The van der Waals surface area contributed by atoms with Crippen molar-refractivity contribution in [3.05, 3.63) is 67.3 Å². The Morgan fingerprint density at radius 2 is 1.79 bits per heavy atom. The third kappa shape index (κ3) is 2.94. The Labute approximate surface area is 145 Å². The first kappa shape index (κ1) is 16.3. The number of aromatic amines is 1. The maximum Gasteiger partial charge on any atom is 0.329 e. The standard InChI is InChI=1S/C17H15BrN2O4/c1-23-12-7-13-15(14(8-12)24-2)16(21)20(17(22)19-13)9-10-3-5-11(18)6-4-10/h3-8H,9H2,1-2H3,(H,19,22). The average Bonchev–Trinajstić information content (AvgIpc) is 2.58. The summed E-state index contributed by atoms with van der Waals surface area (Å²) in [5, 5.41) is 0.315. The molecule has 0 unspecified atom stereocenters. The van der Waals surface area contributed by atoms with Gasteiger partial charge in [-0.25, -0.2) is 4.79 Å². The van der Waals surface area contributed by atoms with Crippen LogP contribution in [-0.4, -0.2) is 23.8 Å². The minimum atomic E-state index is -0.481. The van der Waals surface area contributed by atoms with Gasteiger partial charge in [-0.15, -0.1) is 0 Å². The number of aromatic nitrogens is 2. The minimum Gasteiger partial charge on any atom is -0.497 e. The van der Waals surface area contributed by atoms with Gasteiger partial charge >= 0.3 is 5.69 Å². The number of nitrogens with zero attached hydrogens (tertiary/aromatic N) is 1. The minimum absolute atomic E-state index is 0.173. The molecular formula is C17H15BrN2O4. The smallest absolute Gasteiger partial charge is 0.329 e. The van der Waals surface area contributed by atoms with Crippen LogP contribution in [0.4, 0.5) is 0 Å². The van der Waals surface area contributed by atoms with E-state index < -0.39 is 11.2 Å². The molecule has 0 aliphatic heterocycles. The third-order valence-electron chi connectivity index (χ3n) is 3.73. The molecule has 0 fully saturated rings.